The van der Waals surface area contributed by atoms with Gasteiger partial charge in [0, 0.05) is 25.7 Å². The van der Waals surface area contributed by atoms with Gasteiger partial charge in [-0.2, -0.15) is 13.7 Å². The van der Waals surface area contributed by atoms with Gasteiger partial charge in [-0.25, -0.2) is 0 Å². The van der Waals surface area contributed by atoms with Crippen LogP contribution in [0.25, 0.3) is 0 Å². The molecule has 0 radical (unpaired) electrons. The summed E-state index contributed by atoms with van der Waals surface area (Å²) in [5.74, 6) is -9.25. The lowest BCUT2D eigenvalue weighted by Gasteiger charge is -2.52. The van der Waals surface area contributed by atoms with E-state index in [2.05, 4.69) is 0 Å². The number of carbonyl (C=O) groups excluding carboxylic acids is 4. The molecule has 0 bridgehead atoms. The number of anilines is 1. The summed E-state index contributed by atoms with van der Waals surface area (Å²) < 4.78 is 31.6. The molecule has 41 heavy (non-hydrogen) atoms. The second-order valence-corrected chi connectivity index (χ2v) is 12.7. The average Bonchev–Trinajstić information content (AvgIpc) is 2.91. The number of hydrogen-bond donors (Lipinski definition) is 1. The minimum atomic E-state index is -4.35. The van der Waals surface area contributed by atoms with Crippen molar-refractivity contribution in [3.8, 4) is 11.8 Å². The van der Waals surface area contributed by atoms with Gasteiger partial charge in [0.1, 0.15) is 4.90 Å². The first-order valence-electron chi connectivity index (χ1n) is 13.0. The largest absolute Gasteiger partial charge is 0.378 e. The van der Waals surface area contributed by atoms with Crippen LogP contribution in [0.4, 0.5) is 5.69 Å². The Morgan fingerprint density at radius 2 is 1.66 bits per heavy atom. The Bertz CT molecular complexity index is 1630. The molecule has 2 aromatic rings. The molecule has 0 aliphatic heterocycles. The Morgan fingerprint density at radius 3 is 2.24 bits per heavy atom. The maximum Gasteiger partial charge on any atom is 0.339 e. The predicted molar refractivity (Wildman–Crippen MR) is 145 cm³/mol. The van der Waals surface area contributed by atoms with Gasteiger partial charge in [-0.3, -0.25) is 24.1 Å². The summed E-state index contributed by atoms with van der Waals surface area (Å²) in [6, 6.07) is 10.9. The SMILES string of the molecule is CN(C)c1ccc(OS(=O)(=O)c2ccccc2)c2c1C[C@H]1C[C@H]3[C@H](N(C)C)C(=O)C(C#N)C(=O)[C@@]3(O)C(=O)C1C2=O. The van der Waals surface area contributed by atoms with E-state index in [9.17, 15) is 38.0 Å². The standard InChI is InChI=1S/C29H29N3O8S/c1-31(2)20-10-11-21(40-41(38,39)16-8-6-5-7-9-16)23-17(20)12-15-13-19-24(32(3)4)25(33)18(14-30)27(35)29(19,37)28(36)22(15)26(23)34/h5-11,15,18-19,22,24,37H,12-13H2,1-4H3/t15-,18?,19-,22?,24-,29+/m0/s1. The van der Waals surface area contributed by atoms with Crippen LogP contribution in [-0.4, -0.2) is 81.4 Å². The Labute approximate surface area is 237 Å². The van der Waals surface area contributed by atoms with Crippen molar-refractivity contribution < 1.29 is 36.9 Å². The average molecular weight is 580 g/mol. The van der Waals surface area contributed by atoms with Crippen LogP contribution in [-0.2, 0) is 30.9 Å². The van der Waals surface area contributed by atoms with Crippen molar-refractivity contribution in [2.24, 2.45) is 23.7 Å². The molecule has 0 spiro atoms. The molecule has 0 saturated heterocycles. The van der Waals surface area contributed by atoms with Gasteiger partial charge >= 0.3 is 10.1 Å². The molecule has 3 aliphatic rings. The number of aliphatic hydroxyl groups is 1. The third-order valence-corrected chi connectivity index (χ3v) is 9.71. The van der Waals surface area contributed by atoms with Crippen LogP contribution in [0.1, 0.15) is 22.3 Å². The molecule has 5 rings (SSSR count). The first kappa shape index (κ1) is 28.6. The summed E-state index contributed by atoms with van der Waals surface area (Å²) in [5, 5.41) is 21.3. The van der Waals surface area contributed by atoms with Crippen molar-refractivity contribution in [1.82, 2.24) is 4.90 Å². The smallest absolute Gasteiger partial charge is 0.339 e. The molecule has 11 nitrogen and oxygen atoms in total. The van der Waals surface area contributed by atoms with E-state index in [1.54, 1.807) is 51.3 Å². The molecule has 214 valence electrons. The molecule has 2 unspecified atom stereocenters. The highest BCUT2D eigenvalue weighted by molar-refractivity contribution is 7.87. The highest BCUT2D eigenvalue weighted by atomic mass is 32.2. The fourth-order valence-electron chi connectivity index (χ4n) is 6.67. The first-order valence-corrected chi connectivity index (χ1v) is 14.4. The summed E-state index contributed by atoms with van der Waals surface area (Å²) in [5.41, 5.74) is -1.78. The molecule has 2 saturated carbocycles. The first-order chi connectivity index (χ1) is 19.2. The minimum Gasteiger partial charge on any atom is -0.378 e. The number of ketones is 4. The molecule has 12 heteroatoms. The van der Waals surface area contributed by atoms with Crippen LogP contribution >= 0.6 is 0 Å². The van der Waals surface area contributed by atoms with E-state index in [1.165, 1.54) is 35.2 Å². The number of nitriles is 1. The van der Waals surface area contributed by atoms with Crippen LogP contribution in [0.15, 0.2) is 47.4 Å². The van der Waals surface area contributed by atoms with Crippen molar-refractivity contribution >= 4 is 38.9 Å². The molecule has 6 atom stereocenters. The topological polar surface area (TPSA) is 162 Å². The van der Waals surface area contributed by atoms with E-state index in [4.69, 9.17) is 4.18 Å². The lowest BCUT2D eigenvalue weighted by molar-refractivity contribution is -0.179. The van der Waals surface area contributed by atoms with Gasteiger partial charge in [-0.05, 0) is 62.7 Å². The Morgan fingerprint density at radius 1 is 1.00 bits per heavy atom. The molecule has 0 aromatic heterocycles. The molecule has 2 fully saturated rings. The molecular weight excluding hydrogens is 550 g/mol. The van der Waals surface area contributed by atoms with Crippen LogP contribution < -0.4 is 9.08 Å². The van der Waals surface area contributed by atoms with Crippen molar-refractivity contribution in [3.05, 3.63) is 53.6 Å². The number of hydrogen-bond acceptors (Lipinski definition) is 11. The Hall–Kier alpha value is -3.92. The molecule has 3 aliphatic carbocycles. The zero-order valence-electron chi connectivity index (χ0n) is 22.9. The number of benzene rings is 2. The molecule has 2 aromatic carbocycles. The molecular formula is C29H29N3O8S. The van der Waals surface area contributed by atoms with Gasteiger partial charge in [-0.15, -0.1) is 0 Å². The summed E-state index contributed by atoms with van der Waals surface area (Å²) in [6.07, 6.45) is 0.112. The minimum absolute atomic E-state index is 0.0170. The summed E-state index contributed by atoms with van der Waals surface area (Å²) in [6.45, 7) is 0. The predicted octanol–water partition coefficient (Wildman–Crippen LogP) is 1.03. The van der Waals surface area contributed by atoms with E-state index < -0.39 is 68.6 Å². The summed E-state index contributed by atoms with van der Waals surface area (Å²) in [4.78, 5) is 57.7. The number of likely N-dealkylation sites (N-methyl/N-ethyl adjacent to an activating group) is 1. The van der Waals surface area contributed by atoms with E-state index >= 15 is 0 Å². The molecule has 0 heterocycles. The Kier molecular flexibility index (Phi) is 6.88. The zero-order chi connectivity index (χ0) is 30.0. The number of fused-ring (bicyclic) bond motifs is 3. The third-order valence-electron chi connectivity index (χ3n) is 8.46. The summed E-state index contributed by atoms with van der Waals surface area (Å²) >= 11 is 0. The maximum atomic E-state index is 14.2. The monoisotopic (exact) mass is 579 g/mol. The fraction of sp³-hybridized carbons (Fsp3) is 0.414. The Balaban J connectivity index is 1.65. The number of rotatable bonds is 5. The van der Waals surface area contributed by atoms with Crippen LogP contribution in [0.3, 0.4) is 0 Å². The summed E-state index contributed by atoms with van der Waals surface area (Å²) in [7, 11) is 2.27. The van der Waals surface area contributed by atoms with E-state index in [0.29, 0.717) is 11.3 Å². The quantitative estimate of drug-likeness (QED) is 0.398. The van der Waals surface area contributed by atoms with E-state index in [-0.39, 0.29) is 29.1 Å². The number of nitrogens with zero attached hydrogens (tertiary/aromatic N) is 3. The van der Waals surface area contributed by atoms with Gasteiger partial charge in [0.05, 0.1) is 23.6 Å². The van der Waals surface area contributed by atoms with Gasteiger partial charge in [0.15, 0.2) is 40.4 Å². The third kappa shape index (κ3) is 4.18. The van der Waals surface area contributed by atoms with E-state index in [1.807, 2.05) is 0 Å². The van der Waals surface area contributed by atoms with E-state index in [0.717, 1.165) is 0 Å². The van der Waals surface area contributed by atoms with Crippen molar-refractivity contribution in [2.45, 2.75) is 29.4 Å². The van der Waals surface area contributed by atoms with Crippen LogP contribution in [0, 0.1) is 35.0 Å². The molecule has 0 amide bonds. The number of carbonyl (C=O) groups is 4. The van der Waals surface area contributed by atoms with Crippen LogP contribution in [0.5, 0.6) is 5.75 Å². The second-order valence-electron chi connectivity index (χ2n) is 11.2. The van der Waals surface area contributed by atoms with Crippen LogP contribution in [0.2, 0.25) is 0 Å². The van der Waals surface area contributed by atoms with Crippen molar-refractivity contribution in [1.29, 1.82) is 5.26 Å². The fourth-order valence-corrected chi connectivity index (χ4v) is 7.63. The zero-order valence-corrected chi connectivity index (χ0v) is 23.7. The van der Waals surface area contributed by atoms with Gasteiger partial charge < -0.3 is 14.2 Å². The maximum absolute atomic E-state index is 14.2. The highest BCUT2D eigenvalue weighted by Gasteiger charge is 2.68. The van der Waals surface area contributed by atoms with Gasteiger partial charge in [-0.1, -0.05) is 18.2 Å². The van der Waals surface area contributed by atoms with Gasteiger partial charge in [0.2, 0.25) is 0 Å². The van der Waals surface area contributed by atoms with Crippen molar-refractivity contribution in [3.63, 3.8) is 0 Å². The van der Waals surface area contributed by atoms with Crippen molar-refractivity contribution in [2.75, 3.05) is 33.1 Å². The highest BCUT2D eigenvalue weighted by Crippen LogP contribution is 2.51. The number of Topliss-reactive ketones (excluding diaryl/α,β-unsaturated/α-hetero) is 4. The molecule has 1 N–H and O–H groups in total. The normalized spacial score (nSPS) is 29.3. The second kappa shape index (κ2) is 9.87. The lowest BCUT2D eigenvalue weighted by atomic mass is 9.52. The van der Waals surface area contributed by atoms with Gasteiger partial charge in [0.25, 0.3) is 0 Å². The lowest BCUT2D eigenvalue weighted by Crippen LogP contribution is -2.72.